The van der Waals surface area contributed by atoms with Gasteiger partial charge >= 0.3 is 0 Å². The molecule has 1 aliphatic carbocycles. The second kappa shape index (κ2) is 7.76. The van der Waals surface area contributed by atoms with Gasteiger partial charge in [-0.25, -0.2) is 19.9 Å². The number of carbonyl (C=O) groups excluding carboxylic acids is 1. The lowest BCUT2D eigenvalue weighted by atomic mass is 10.0. The van der Waals surface area contributed by atoms with Gasteiger partial charge in [0.15, 0.2) is 0 Å². The highest BCUT2D eigenvalue weighted by Crippen LogP contribution is 2.31. The maximum Gasteiger partial charge on any atom is 0.229 e. The maximum atomic E-state index is 12.6. The van der Waals surface area contributed by atoms with Gasteiger partial charge in [-0.1, -0.05) is 12.8 Å². The molecule has 1 amide bonds. The zero-order valence-electron chi connectivity index (χ0n) is 14.8. The molecule has 1 atom stereocenters. The van der Waals surface area contributed by atoms with Gasteiger partial charge in [0.2, 0.25) is 17.8 Å². The summed E-state index contributed by atoms with van der Waals surface area (Å²) in [5, 5.41) is 3.03. The fourth-order valence-electron chi connectivity index (χ4n) is 3.94. The number of anilines is 2. The number of carbonyl (C=O) groups is 1. The lowest BCUT2D eigenvalue weighted by Crippen LogP contribution is -2.29. The molecule has 1 saturated carbocycles. The molecule has 0 bridgehead atoms. The predicted molar refractivity (Wildman–Crippen MR) is 97.9 cm³/mol. The van der Waals surface area contributed by atoms with Crippen molar-refractivity contribution in [2.24, 2.45) is 5.92 Å². The molecule has 7 heteroatoms. The van der Waals surface area contributed by atoms with Crippen LogP contribution in [0.1, 0.15) is 50.1 Å². The Labute approximate surface area is 153 Å². The van der Waals surface area contributed by atoms with Gasteiger partial charge in [-0.15, -0.1) is 0 Å². The van der Waals surface area contributed by atoms with E-state index in [1.54, 1.807) is 24.7 Å². The Kier molecular flexibility index (Phi) is 5.04. The van der Waals surface area contributed by atoms with Crippen LogP contribution in [0.5, 0.6) is 0 Å². The van der Waals surface area contributed by atoms with Crippen molar-refractivity contribution in [1.82, 2.24) is 24.8 Å². The van der Waals surface area contributed by atoms with Gasteiger partial charge in [-0.3, -0.25) is 10.1 Å². The Morgan fingerprint density at radius 1 is 1.08 bits per heavy atom. The van der Waals surface area contributed by atoms with Crippen LogP contribution in [-0.2, 0) is 4.79 Å². The number of amides is 1. The largest absolute Gasteiger partial charge is 0.342 e. The first-order chi connectivity index (χ1) is 12.8. The van der Waals surface area contributed by atoms with E-state index in [1.807, 2.05) is 11.0 Å². The molecule has 26 heavy (non-hydrogen) atoms. The number of nitrogens with one attached hydrogen (secondary N) is 1. The lowest BCUT2D eigenvalue weighted by Gasteiger charge is -2.18. The highest BCUT2D eigenvalue weighted by Gasteiger charge is 2.30. The highest BCUT2D eigenvalue weighted by molar-refractivity contribution is 5.76. The van der Waals surface area contributed by atoms with E-state index in [2.05, 4.69) is 25.3 Å². The third-order valence-electron chi connectivity index (χ3n) is 5.36. The van der Waals surface area contributed by atoms with Crippen LogP contribution in [0, 0.1) is 5.92 Å². The molecule has 4 rings (SSSR count). The number of hydrogen-bond acceptors (Lipinski definition) is 6. The number of aromatic nitrogens is 4. The van der Waals surface area contributed by atoms with Crippen LogP contribution in [0.4, 0.5) is 11.9 Å². The number of rotatable bonds is 5. The fraction of sp³-hybridized carbons (Fsp3) is 0.526. The van der Waals surface area contributed by atoms with Crippen molar-refractivity contribution < 1.29 is 4.79 Å². The van der Waals surface area contributed by atoms with Crippen molar-refractivity contribution in [2.75, 3.05) is 18.4 Å². The predicted octanol–water partition coefficient (Wildman–Crippen LogP) is 2.91. The highest BCUT2D eigenvalue weighted by atomic mass is 16.2. The third kappa shape index (κ3) is 3.98. The topological polar surface area (TPSA) is 83.9 Å². The first-order valence-electron chi connectivity index (χ1n) is 9.42. The van der Waals surface area contributed by atoms with E-state index in [-0.39, 0.29) is 5.92 Å². The quantitative estimate of drug-likeness (QED) is 0.891. The van der Waals surface area contributed by atoms with E-state index in [0.717, 1.165) is 25.2 Å². The summed E-state index contributed by atoms with van der Waals surface area (Å²) in [6.07, 6.45) is 11.7. The van der Waals surface area contributed by atoms with Crippen molar-refractivity contribution >= 4 is 17.8 Å². The van der Waals surface area contributed by atoms with E-state index in [9.17, 15) is 4.79 Å². The van der Waals surface area contributed by atoms with Crippen molar-refractivity contribution in [3.8, 4) is 0 Å². The zero-order valence-corrected chi connectivity index (χ0v) is 14.8. The summed E-state index contributed by atoms with van der Waals surface area (Å²) < 4.78 is 0. The van der Waals surface area contributed by atoms with Crippen LogP contribution < -0.4 is 5.32 Å². The van der Waals surface area contributed by atoms with E-state index in [1.165, 1.54) is 25.7 Å². The number of nitrogens with zero attached hydrogens (tertiary/aromatic N) is 5. The second-order valence-corrected chi connectivity index (χ2v) is 7.18. The maximum absolute atomic E-state index is 12.6. The van der Waals surface area contributed by atoms with Crippen LogP contribution in [0.3, 0.4) is 0 Å². The summed E-state index contributed by atoms with van der Waals surface area (Å²) in [7, 11) is 0. The zero-order chi connectivity index (χ0) is 17.8. The minimum atomic E-state index is 0.266. The van der Waals surface area contributed by atoms with Crippen molar-refractivity contribution in [1.29, 1.82) is 0 Å². The Balaban J connectivity index is 1.37. The molecule has 2 aromatic heterocycles. The standard InChI is InChI=1S/C19H24N6O/c26-17(12-14-4-1-2-5-14)25-11-7-15(13-25)16-6-10-22-19(23-16)24-18-20-8-3-9-21-18/h3,6,8-10,14-15H,1-2,4-5,7,11-13H2,(H,20,21,22,23,24)/t15-/m1/s1. The van der Waals surface area contributed by atoms with Crippen molar-refractivity contribution in [3.05, 3.63) is 36.4 Å². The van der Waals surface area contributed by atoms with E-state index < -0.39 is 0 Å². The molecule has 2 aromatic rings. The fourth-order valence-corrected chi connectivity index (χ4v) is 3.94. The van der Waals surface area contributed by atoms with Gasteiger partial charge in [0.1, 0.15) is 0 Å². The number of likely N-dealkylation sites (tertiary alicyclic amines) is 1. The molecule has 136 valence electrons. The average Bonchev–Trinajstić information content (AvgIpc) is 3.35. The molecular formula is C19H24N6O. The summed E-state index contributed by atoms with van der Waals surface area (Å²) in [6, 6.07) is 3.70. The molecular weight excluding hydrogens is 328 g/mol. The van der Waals surface area contributed by atoms with Crippen molar-refractivity contribution in [2.45, 2.75) is 44.4 Å². The van der Waals surface area contributed by atoms with Gasteiger partial charge in [0, 0.05) is 44.0 Å². The molecule has 0 radical (unpaired) electrons. The van der Waals surface area contributed by atoms with Crippen LogP contribution >= 0.6 is 0 Å². The summed E-state index contributed by atoms with van der Waals surface area (Å²) >= 11 is 0. The molecule has 2 fully saturated rings. The molecule has 0 unspecified atom stereocenters. The van der Waals surface area contributed by atoms with Crippen LogP contribution in [0.25, 0.3) is 0 Å². The molecule has 2 aliphatic rings. The molecule has 0 spiro atoms. The van der Waals surface area contributed by atoms with Gasteiger partial charge in [0.05, 0.1) is 5.69 Å². The van der Waals surface area contributed by atoms with Crippen molar-refractivity contribution in [3.63, 3.8) is 0 Å². The smallest absolute Gasteiger partial charge is 0.229 e. The van der Waals surface area contributed by atoms with Gasteiger partial charge < -0.3 is 4.90 Å². The second-order valence-electron chi connectivity index (χ2n) is 7.18. The lowest BCUT2D eigenvalue weighted by molar-refractivity contribution is -0.131. The molecule has 0 aromatic carbocycles. The molecule has 1 N–H and O–H groups in total. The van der Waals surface area contributed by atoms with E-state index in [4.69, 9.17) is 0 Å². The summed E-state index contributed by atoms with van der Waals surface area (Å²) in [4.78, 5) is 31.7. The average molecular weight is 352 g/mol. The van der Waals surface area contributed by atoms with Crippen LogP contribution in [0.15, 0.2) is 30.7 Å². The Morgan fingerprint density at radius 2 is 1.85 bits per heavy atom. The van der Waals surface area contributed by atoms with Gasteiger partial charge in [-0.05, 0) is 37.3 Å². The Hall–Kier alpha value is -2.57. The summed E-state index contributed by atoms with van der Waals surface area (Å²) in [5.74, 6) is 2.14. The molecule has 7 nitrogen and oxygen atoms in total. The SMILES string of the molecule is O=C(CC1CCCC1)N1CC[C@@H](c2ccnc(Nc3ncccn3)n2)C1. The summed E-state index contributed by atoms with van der Waals surface area (Å²) in [6.45, 7) is 1.58. The van der Waals surface area contributed by atoms with E-state index >= 15 is 0 Å². The Bertz CT molecular complexity index is 747. The minimum absolute atomic E-state index is 0.266. The van der Waals surface area contributed by atoms with E-state index in [0.29, 0.717) is 30.1 Å². The van der Waals surface area contributed by atoms with Gasteiger partial charge in [-0.2, -0.15) is 0 Å². The molecule has 1 saturated heterocycles. The third-order valence-corrected chi connectivity index (χ3v) is 5.36. The monoisotopic (exact) mass is 352 g/mol. The number of hydrogen-bond donors (Lipinski definition) is 1. The van der Waals surface area contributed by atoms with Crippen LogP contribution in [-0.4, -0.2) is 43.8 Å². The first kappa shape index (κ1) is 16.9. The molecule has 3 heterocycles. The molecule has 1 aliphatic heterocycles. The Morgan fingerprint density at radius 3 is 2.65 bits per heavy atom. The summed E-state index contributed by atoms with van der Waals surface area (Å²) in [5.41, 5.74) is 0.967. The van der Waals surface area contributed by atoms with Crippen LogP contribution in [0.2, 0.25) is 0 Å². The van der Waals surface area contributed by atoms with Gasteiger partial charge in [0.25, 0.3) is 0 Å². The first-order valence-corrected chi connectivity index (χ1v) is 9.42. The normalized spacial score (nSPS) is 20.5. The minimum Gasteiger partial charge on any atom is -0.342 e.